The van der Waals surface area contributed by atoms with Gasteiger partial charge < -0.3 is 9.32 Å². The van der Waals surface area contributed by atoms with Gasteiger partial charge in [0, 0.05) is 26.3 Å². The molecule has 0 fully saturated rings. The lowest BCUT2D eigenvalue weighted by Gasteiger charge is -2.35. The molecule has 0 N–H and O–H groups in total. The maximum Gasteiger partial charge on any atom is 0.135 e. The molecule has 0 radical (unpaired) electrons. The van der Waals surface area contributed by atoms with E-state index in [9.17, 15) is 0 Å². The van der Waals surface area contributed by atoms with Crippen LogP contribution in [0.3, 0.4) is 0 Å². The summed E-state index contributed by atoms with van der Waals surface area (Å²) in [7, 11) is 0. The predicted molar refractivity (Wildman–Crippen MR) is 222 cm³/mol. The van der Waals surface area contributed by atoms with E-state index in [4.69, 9.17) is 4.42 Å². The van der Waals surface area contributed by atoms with Crippen molar-refractivity contribution in [2.24, 2.45) is 0 Å². The first-order chi connectivity index (χ1) is 26.8. The van der Waals surface area contributed by atoms with E-state index in [-0.39, 0.29) is 0 Å². The van der Waals surface area contributed by atoms with E-state index in [1.807, 2.05) is 11.8 Å². The summed E-state index contributed by atoms with van der Waals surface area (Å²) in [6.45, 7) is 0. The molecule has 1 aromatic heterocycles. The van der Waals surface area contributed by atoms with Crippen LogP contribution in [0.5, 0.6) is 0 Å². The number of furan rings is 1. The monoisotopic (exact) mass is 705 g/mol. The Labute approximate surface area is 318 Å². The van der Waals surface area contributed by atoms with Crippen molar-refractivity contribution in [1.82, 2.24) is 0 Å². The van der Waals surface area contributed by atoms with Crippen LogP contribution in [0, 0.1) is 0 Å². The summed E-state index contributed by atoms with van der Waals surface area (Å²) in [6.07, 6.45) is 0. The third-order valence-electron chi connectivity index (χ3n) is 11.7. The van der Waals surface area contributed by atoms with Crippen molar-refractivity contribution in [2.45, 2.75) is 15.2 Å². The molecule has 0 saturated carbocycles. The van der Waals surface area contributed by atoms with E-state index in [0.717, 1.165) is 11.3 Å². The number of benzene rings is 8. The molecule has 3 heteroatoms. The number of rotatable bonds is 3. The fourth-order valence-electron chi connectivity index (χ4n) is 9.45. The van der Waals surface area contributed by atoms with Crippen molar-refractivity contribution in [1.29, 1.82) is 0 Å². The fraction of sp³-hybridized carbons (Fsp3) is 0.0196. The Bertz CT molecular complexity index is 2890. The first-order valence-corrected chi connectivity index (χ1v) is 19.3. The minimum Gasteiger partial charge on any atom is -0.459 e. The Morgan fingerprint density at radius 2 is 0.944 bits per heavy atom. The van der Waals surface area contributed by atoms with Gasteiger partial charge in [-0.2, -0.15) is 0 Å². The summed E-state index contributed by atoms with van der Waals surface area (Å²) in [4.78, 5) is 4.98. The van der Waals surface area contributed by atoms with Gasteiger partial charge in [-0.3, -0.25) is 0 Å². The zero-order chi connectivity index (χ0) is 35.4. The number of para-hydroxylation sites is 1. The van der Waals surface area contributed by atoms with Gasteiger partial charge in [0.05, 0.1) is 17.1 Å². The van der Waals surface area contributed by atoms with Gasteiger partial charge in [-0.15, -0.1) is 0 Å². The highest BCUT2D eigenvalue weighted by Gasteiger charge is 2.55. The molecular weight excluding hydrogens is 675 g/mol. The summed E-state index contributed by atoms with van der Waals surface area (Å²) >= 11 is 1.86. The number of anilines is 3. The van der Waals surface area contributed by atoms with Crippen LogP contribution in [0.15, 0.2) is 202 Å². The Balaban J connectivity index is 1.14. The Morgan fingerprint density at radius 1 is 0.407 bits per heavy atom. The Hall–Kier alpha value is -6.55. The van der Waals surface area contributed by atoms with Crippen molar-refractivity contribution in [3.05, 3.63) is 211 Å². The number of fused-ring (bicyclic) bond motifs is 14. The molecule has 1 atom stereocenters. The average molecular weight is 706 g/mol. The Morgan fingerprint density at radius 3 is 1.59 bits per heavy atom. The van der Waals surface area contributed by atoms with Gasteiger partial charge in [0.15, 0.2) is 0 Å². The highest BCUT2D eigenvalue weighted by molar-refractivity contribution is 7.99. The molecule has 54 heavy (non-hydrogen) atoms. The van der Waals surface area contributed by atoms with Crippen LogP contribution >= 0.6 is 11.8 Å². The van der Waals surface area contributed by atoms with Crippen molar-refractivity contribution in [3.63, 3.8) is 0 Å². The van der Waals surface area contributed by atoms with E-state index in [2.05, 4.69) is 193 Å². The molecule has 1 spiro atoms. The zero-order valence-corrected chi connectivity index (χ0v) is 30.0. The van der Waals surface area contributed by atoms with Gasteiger partial charge in [-0.1, -0.05) is 163 Å². The molecule has 3 aliphatic rings. The van der Waals surface area contributed by atoms with E-state index in [1.165, 1.54) is 93.4 Å². The molecule has 2 nitrogen and oxygen atoms in total. The van der Waals surface area contributed by atoms with Gasteiger partial charge in [-0.25, -0.2) is 0 Å². The molecule has 2 heterocycles. The second-order valence-corrected chi connectivity index (χ2v) is 15.5. The van der Waals surface area contributed by atoms with Crippen molar-refractivity contribution >= 4 is 39.8 Å². The highest BCUT2D eigenvalue weighted by Crippen LogP contribution is 2.67. The summed E-state index contributed by atoms with van der Waals surface area (Å²) in [5, 5.41) is 1.17. The maximum absolute atomic E-state index is 7.04. The lowest BCUT2D eigenvalue weighted by molar-refractivity contribution is 0.507. The topological polar surface area (TPSA) is 16.4 Å². The van der Waals surface area contributed by atoms with E-state index in [1.54, 1.807) is 0 Å². The van der Waals surface area contributed by atoms with Crippen LogP contribution in [-0.2, 0) is 5.41 Å². The third-order valence-corrected chi connectivity index (χ3v) is 12.8. The largest absolute Gasteiger partial charge is 0.459 e. The molecular formula is C51H31NOS. The van der Waals surface area contributed by atoms with Crippen LogP contribution in [0.2, 0.25) is 0 Å². The fourth-order valence-corrected chi connectivity index (χ4v) is 10.6. The first-order valence-electron chi connectivity index (χ1n) is 18.5. The molecule has 252 valence electrons. The predicted octanol–water partition coefficient (Wildman–Crippen LogP) is 14.0. The minimum atomic E-state index is -0.586. The van der Waals surface area contributed by atoms with Crippen molar-refractivity contribution in [2.75, 3.05) is 4.90 Å². The summed E-state index contributed by atoms with van der Waals surface area (Å²) < 4.78 is 7.04. The van der Waals surface area contributed by atoms with Crippen LogP contribution < -0.4 is 4.90 Å². The van der Waals surface area contributed by atoms with E-state index < -0.39 is 5.41 Å². The summed E-state index contributed by atoms with van der Waals surface area (Å²) in [6, 6.07) is 68.7. The molecule has 8 aromatic carbocycles. The zero-order valence-electron chi connectivity index (χ0n) is 29.2. The van der Waals surface area contributed by atoms with Crippen LogP contribution in [-0.4, -0.2) is 0 Å². The van der Waals surface area contributed by atoms with Crippen LogP contribution in [0.4, 0.5) is 17.1 Å². The molecule has 2 aliphatic carbocycles. The first kappa shape index (κ1) is 30.0. The SMILES string of the molecule is c1ccc(-c2ccc3c(c2)Sc2cc(-c4ccccc4)ccc2N3c2cccc3c2-c2ccccc2C32c3ccccc3-c3c2oc2ccccc32)cc1. The average Bonchev–Trinajstić information content (AvgIpc) is 3.87. The Kier molecular flexibility index (Phi) is 6.23. The normalized spacial score (nSPS) is 15.7. The summed E-state index contributed by atoms with van der Waals surface area (Å²) in [5.41, 5.74) is 17.5. The number of hydrogen-bond donors (Lipinski definition) is 0. The highest BCUT2D eigenvalue weighted by atomic mass is 32.2. The molecule has 12 rings (SSSR count). The third kappa shape index (κ3) is 3.97. The number of nitrogens with zero attached hydrogens (tertiary/aromatic N) is 1. The molecule has 0 bridgehead atoms. The van der Waals surface area contributed by atoms with E-state index in [0.29, 0.717) is 0 Å². The molecule has 0 saturated heterocycles. The minimum absolute atomic E-state index is 0.586. The van der Waals surface area contributed by atoms with Gasteiger partial charge in [-0.05, 0) is 86.5 Å². The molecule has 9 aromatic rings. The second-order valence-electron chi connectivity index (χ2n) is 14.4. The second kappa shape index (κ2) is 11.2. The smallest absolute Gasteiger partial charge is 0.135 e. The molecule has 1 aliphatic heterocycles. The standard InChI is InChI=1S/C51H31NOS/c1-3-14-32(15-4-1)34-26-28-42-46(30-34)54-47-31-35(33-16-5-2-6-17-33)27-29-43(47)52(42)44-24-13-23-41-49(44)37-19-8-11-22-40(37)51(41)39-21-10-7-18-36(39)48-38-20-9-12-25-45(38)53-50(48)51/h1-31H. The van der Waals surface area contributed by atoms with Gasteiger partial charge in [0.1, 0.15) is 16.8 Å². The number of hydrogen-bond acceptors (Lipinski definition) is 3. The quantitative estimate of drug-likeness (QED) is 0.182. The van der Waals surface area contributed by atoms with Gasteiger partial charge >= 0.3 is 0 Å². The molecule has 0 amide bonds. The lowest BCUT2D eigenvalue weighted by Crippen LogP contribution is -2.25. The maximum atomic E-state index is 7.04. The van der Waals surface area contributed by atoms with Crippen LogP contribution in [0.25, 0.3) is 55.5 Å². The van der Waals surface area contributed by atoms with E-state index >= 15 is 0 Å². The lowest BCUT2D eigenvalue weighted by atomic mass is 9.73. The van der Waals surface area contributed by atoms with Crippen LogP contribution in [0.1, 0.15) is 22.5 Å². The van der Waals surface area contributed by atoms with Gasteiger partial charge in [0.2, 0.25) is 0 Å². The van der Waals surface area contributed by atoms with Crippen molar-refractivity contribution < 1.29 is 4.42 Å². The van der Waals surface area contributed by atoms with Crippen molar-refractivity contribution in [3.8, 4) is 44.5 Å². The molecule has 1 unspecified atom stereocenters. The summed E-state index contributed by atoms with van der Waals surface area (Å²) in [5.74, 6) is 1.02. The van der Waals surface area contributed by atoms with Gasteiger partial charge in [0.25, 0.3) is 0 Å².